The third kappa shape index (κ3) is 4.58. The Labute approximate surface area is 181 Å². The molecule has 0 aliphatic carbocycles. The highest BCUT2D eigenvalue weighted by Crippen LogP contribution is 2.27. The van der Waals surface area contributed by atoms with E-state index in [-0.39, 0.29) is 23.5 Å². The first-order valence-corrected chi connectivity index (χ1v) is 11.0. The predicted molar refractivity (Wildman–Crippen MR) is 116 cm³/mol. The van der Waals surface area contributed by atoms with Crippen molar-refractivity contribution >= 4 is 29.0 Å². The molecule has 0 spiro atoms. The quantitative estimate of drug-likeness (QED) is 0.440. The fraction of sp³-hybridized carbons (Fsp3) is 0.143. The molecule has 0 saturated carbocycles. The van der Waals surface area contributed by atoms with Crippen LogP contribution in [-0.4, -0.2) is 31.4 Å². The highest BCUT2D eigenvalue weighted by Gasteiger charge is 2.19. The maximum Gasteiger partial charge on any atom is 0.231 e. The van der Waals surface area contributed by atoms with Crippen LogP contribution in [0.15, 0.2) is 71.5 Å². The number of carbonyl (C=O) groups excluding carboxylic acids is 1. The fourth-order valence-electron chi connectivity index (χ4n) is 2.96. The summed E-state index contributed by atoms with van der Waals surface area (Å²) in [5.74, 6) is 0.447. The van der Waals surface area contributed by atoms with Gasteiger partial charge in [0.1, 0.15) is 5.82 Å². The number of thioether (sulfide) groups is 1. The zero-order valence-corrected chi connectivity index (χ0v) is 17.7. The van der Waals surface area contributed by atoms with Crippen molar-refractivity contribution in [3.8, 4) is 11.4 Å². The topological polar surface area (TPSA) is 72.7 Å². The van der Waals surface area contributed by atoms with Crippen LogP contribution in [-0.2, 0) is 11.8 Å². The van der Waals surface area contributed by atoms with Crippen molar-refractivity contribution in [2.75, 3.05) is 5.75 Å². The second kappa shape index (κ2) is 9.19. The SMILES string of the molecule is Cn1c(SCC(=O)N[C@H](c2ccc(F)cc2)c2cccs2)nnc1-c1ccncc1. The number of benzene rings is 1. The van der Waals surface area contributed by atoms with Gasteiger partial charge in [-0.15, -0.1) is 21.5 Å². The van der Waals surface area contributed by atoms with E-state index in [9.17, 15) is 9.18 Å². The van der Waals surface area contributed by atoms with E-state index in [1.165, 1.54) is 23.9 Å². The minimum Gasteiger partial charge on any atom is -0.344 e. The van der Waals surface area contributed by atoms with Crippen molar-refractivity contribution < 1.29 is 9.18 Å². The Hall–Kier alpha value is -3.04. The lowest BCUT2D eigenvalue weighted by Gasteiger charge is -2.18. The first kappa shape index (κ1) is 20.2. The van der Waals surface area contributed by atoms with Gasteiger partial charge in [0.25, 0.3) is 0 Å². The molecule has 1 aromatic carbocycles. The van der Waals surface area contributed by atoms with Gasteiger partial charge in [0, 0.05) is 29.9 Å². The van der Waals surface area contributed by atoms with Crippen LogP contribution in [0.25, 0.3) is 11.4 Å². The van der Waals surface area contributed by atoms with E-state index in [0.717, 1.165) is 16.0 Å². The molecular formula is C21H18FN5OS2. The van der Waals surface area contributed by atoms with E-state index in [1.54, 1.807) is 35.9 Å². The molecule has 3 aromatic heterocycles. The van der Waals surface area contributed by atoms with Crippen molar-refractivity contribution in [3.05, 3.63) is 82.6 Å². The molecule has 1 atom stereocenters. The average molecular weight is 440 g/mol. The van der Waals surface area contributed by atoms with Crippen LogP contribution in [0.1, 0.15) is 16.5 Å². The minimum atomic E-state index is -0.328. The molecule has 0 fully saturated rings. The molecule has 0 aliphatic rings. The maximum atomic E-state index is 13.3. The molecule has 9 heteroatoms. The summed E-state index contributed by atoms with van der Waals surface area (Å²) in [6.45, 7) is 0. The molecule has 6 nitrogen and oxygen atoms in total. The van der Waals surface area contributed by atoms with Crippen LogP contribution in [0.3, 0.4) is 0 Å². The lowest BCUT2D eigenvalue weighted by Crippen LogP contribution is -2.30. The summed E-state index contributed by atoms with van der Waals surface area (Å²) in [4.78, 5) is 17.7. The molecule has 30 heavy (non-hydrogen) atoms. The summed E-state index contributed by atoms with van der Waals surface area (Å²) in [5.41, 5.74) is 1.74. The molecular weight excluding hydrogens is 421 g/mol. The van der Waals surface area contributed by atoms with Gasteiger partial charge in [-0.2, -0.15) is 0 Å². The highest BCUT2D eigenvalue weighted by atomic mass is 32.2. The summed E-state index contributed by atoms with van der Waals surface area (Å²) >= 11 is 2.86. The molecule has 0 saturated heterocycles. The maximum absolute atomic E-state index is 13.3. The van der Waals surface area contributed by atoms with Gasteiger partial charge in [-0.05, 0) is 41.3 Å². The lowest BCUT2D eigenvalue weighted by molar-refractivity contribution is -0.119. The van der Waals surface area contributed by atoms with Crippen molar-refractivity contribution in [1.29, 1.82) is 0 Å². The number of hydrogen-bond acceptors (Lipinski definition) is 6. The van der Waals surface area contributed by atoms with Crippen LogP contribution >= 0.6 is 23.1 Å². The number of pyridine rings is 1. The summed E-state index contributed by atoms with van der Waals surface area (Å²) in [6.07, 6.45) is 3.40. The lowest BCUT2D eigenvalue weighted by atomic mass is 10.1. The second-order valence-electron chi connectivity index (χ2n) is 6.46. The number of halogens is 1. The molecule has 4 rings (SSSR count). The van der Waals surface area contributed by atoms with E-state index in [1.807, 2.05) is 41.3 Å². The third-order valence-corrected chi connectivity index (χ3v) is 6.40. The van der Waals surface area contributed by atoms with Gasteiger partial charge in [-0.1, -0.05) is 30.0 Å². The van der Waals surface area contributed by atoms with Gasteiger partial charge in [-0.3, -0.25) is 9.78 Å². The highest BCUT2D eigenvalue weighted by molar-refractivity contribution is 7.99. The second-order valence-corrected chi connectivity index (χ2v) is 8.38. The summed E-state index contributed by atoms with van der Waals surface area (Å²) in [6, 6.07) is 13.5. The number of amides is 1. The van der Waals surface area contributed by atoms with Crippen molar-refractivity contribution in [2.45, 2.75) is 11.2 Å². The Morgan fingerprint density at radius 1 is 1.17 bits per heavy atom. The van der Waals surface area contributed by atoms with Gasteiger partial charge in [0.2, 0.25) is 5.91 Å². The zero-order valence-electron chi connectivity index (χ0n) is 16.0. The van der Waals surface area contributed by atoms with E-state index in [0.29, 0.717) is 11.0 Å². The van der Waals surface area contributed by atoms with Crippen LogP contribution in [0.5, 0.6) is 0 Å². The Morgan fingerprint density at radius 2 is 1.93 bits per heavy atom. The van der Waals surface area contributed by atoms with Gasteiger partial charge in [0.15, 0.2) is 11.0 Å². The molecule has 1 amide bonds. The van der Waals surface area contributed by atoms with Crippen molar-refractivity contribution in [1.82, 2.24) is 25.1 Å². The summed E-state index contributed by atoms with van der Waals surface area (Å²) in [7, 11) is 1.86. The molecule has 1 N–H and O–H groups in total. The van der Waals surface area contributed by atoms with Crippen LogP contribution in [0.2, 0.25) is 0 Å². The van der Waals surface area contributed by atoms with Gasteiger partial charge in [-0.25, -0.2) is 4.39 Å². The number of thiophene rings is 1. The van der Waals surface area contributed by atoms with E-state index >= 15 is 0 Å². The monoisotopic (exact) mass is 439 g/mol. The Kier molecular flexibility index (Phi) is 6.20. The minimum absolute atomic E-state index is 0.142. The van der Waals surface area contributed by atoms with Crippen LogP contribution in [0, 0.1) is 5.82 Å². The van der Waals surface area contributed by atoms with E-state index in [4.69, 9.17) is 0 Å². The van der Waals surface area contributed by atoms with Gasteiger partial charge in [0.05, 0.1) is 11.8 Å². The predicted octanol–water partition coefficient (Wildman–Crippen LogP) is 4.08. The Bertz CT molecular complexity index is 1110. The summed E-state index contributed by atoms with van der Waals surface area (Å²) in [5, 5.41) is 14.1. The molecule has 152 valence electrons. The molecule has 4 aromatic rings. The third-order valence-electron chi connectivity index (χ3n) is 4.44. The molecule has 0 unspecified atom stereocenters. The van der Waals surface area contributed by atoms with Gasteiger partial charge < -0.3 is 9.88 Å². The number of nitrogens with zero attached hydrogens (tertiary/aromatic N) is 4. The first-order chi connectivity index (χ1) is 14.6. The Balaban J connectivity index is 1.45. The van der Waals surface area contributed by atoms with Crippen molar-refractivity contribution in [2.24, 2.45) is 7.05 Å². The standard InChI is InChI=1S/C21H18FN5OS2/c1-27-20(15-8-10-23-11-9-15)25-26-21(27)30-13-18(28)24-19(17-3-2-12-29-17)14-4-6-16(22)7-5-14/h2-12,19H,13H2,1H3,(H,24,28)/t19-/m1/s1. The molecule has 0 aliphatic heterocycles. The van der Waals surface area contributed by atoms with E-state index < -0.39 is 0 Å². The molecule has 3 heterocycles. The van der Waals surface area contributed by atoms with Gasteiger partial charge >= 0.3 is 0 Å². The number of aromatic nitrogens is 4. The zero-order chi connectivity index (χ0) is 20.9. The number of carbonyl (C=O) groups is 1. The molecule has 0 bridgehead atoms. The van der Waals surface area contributed by atoms with Crippen LogP contribution < -0.4 is 5.32 Å². The number of hydrogen-bond donors (Lipinski definition) is 1. The van der Waals surface area contributed by atoms with Crippen molar-refractivity contribution in [3.63, 3.8) is 0 Å². The average Bonchev–Trinajstić information content (AvgIpc) is 3.42. The fourth-order valence-corrected chi connectivity index (χ4v) is 4.48. The first-order valence-electron chi connectivity index (χ1n) is 9.12. The van der Waals surface area contributed by atoms with Crippen LogP contribution in [0.4, 0.5) is 4.39 Å². The largest absolute Gasteiger partial charge is 0.344 e. The normalized spacial score (nSPS) is 11.9. The Morgan fingerprint density at radius 3 is 2.63 bits per heavy atom. The number of nitrogens with one attached hydrogen (secondary N) is 1. The van der Waals surface area contributed by atoms with E-state index in [2.05, 4.69) is 20.5 Å². The number of rotatable bonds is 7. The smallest absolute Gasteiger partial charge is 0.231 e. The summed E-state index contributed by atoms with van der Waals surface area (Å²) < 4.78 is 15.2. The molecule has 0 radical (unpaired) electrons.